The van der Waals surface area contributed by atoms with Crippen molar-refractivity contribution in [3.8, 4) is 5.75 Å². The van der Waals surface area contributed by atoms with E-state index in [1.165, 1.54) is 19.2 Å². The monoisotopic (exact) mass is 266 g/mol. The third kappa shape index (κ3) is 5.90. The fourth-order valence-electron chi connectivity index (χ4n) is 1.53. The van der Waals surface area contributed by atoms with Crippen LogP contribution in [0.3, 0.4) is 0 Å². The van der Waals surface area contributed by atoms with Crippen LogP contribution in [0, 0.1) is 0 Å². The first-order valence-electron chi connectivity index (χ1n) is 6.16. The molecule has 5 nitrogen and oxygen atoms in total. The van der Waals surface area contributed by atoms with Crippen LogP contribution in [0.15, 0.2) is 24.3 Å². The molecule has 1 N–H and O–H groups in total. The number of hydrogen-bond acceptors (Lipinski definition) is 4. The molecule has 19 heavy (non-hydrogen) atoms. The number of esters is 1. The molecule has 0 bridgehead atoms. The van der Waals surface area contributed by atoms with Crippen molar-refractivity contribution in [3.63, 3.8) is 0 Å². The lowest BCUT2D eigenvalue weighted by molar-refractivity contribution is -0.140. The highest BCUT2D eigenvalue weighted by Crippen LogP contribution is 2.13. The molecule has 0 unspecified atom stereocenters. The Bertz CT molecular complexity index is 410. The Labute approximate surface area is 112 Å². The molecular formula is C14H18O5. The zero-order valence-electron chi connectivity index (χ0n) is 10.9. The Morgan fingerprint density at radius 3 is 2.37 bits per heavy atom. The average Bonchev–Trinajstić information content (AvgIpc) is 2.42. The number of rotatable bonds is 8. The summed E-state index contributed by atoms with van der Waals surface area (Å²) >= 11 is 0. The van der Waals surface area contributed by atoms with Gasteiger partial charge in [0.25, 0.3) is 0 Å². The van der Waals surface area contributed by atoms with Crippen LogP contribution in [0.25, 0.3) is 0 Å². The quantitative estimate of drug-likeness (QED) is 0.578. The van der Waals surface area contributed by atoms with Gasteiger partial charge in [-0.1, -0.05) is 0 Å². The second-order valence-corrected chi connectivity index (χ2v) is 4.06. The number of carbonyl (C=O) groups excluding carboxylic acids is 1. The minimum atomic E-state index is -0.950. The lowest BCUT2D eigenvalue weighted by atomic mass is 10.2. The van der Waals surface area contributed by atoms with Gasteiger partial charge in [-0.2, -0.15) is 0 Å². The zero-order valence-corrected chi connectivity index (χ0v) is 10.9. The Balaban J connectivity index is 2.15. The van der Waals surface area contributed by atoms with Crippen molar-refractivity contribution in [1.29, 1.82) is 0 Å². The highest BCUT2D eigenvalue weighted by atomic mass is 16.5. The van der Waals surface area contributed by atoms with Crippen molar-refractivity contribution in [3.05, 3.63) is 29.8 Å². The summed E-state index contributed by atoms with van der Waals surface area (Å²) in [6, 6.07) is 6.29. The van der Waals surface area contributed by atoms with Gasteiger partial charge in [0, 0.05) is 6.42 Å². The zero-order chi connectivity index (χ0) is 14.1. The standard InChI is InChI=1S/C14H18O5/c1-18-13(15)5-3-2-4-10-19-12-8-6-11(7-9-12)14(16)17/h6-9H,2-5,10H2,1H3,(H,16,17). The molecule has 0 aromatic heterocycles. The van der Waals surface area contributed by atoms with Crippen molar-refractivity contribution >= 4 is 11.9 Å². The fraction of sp³-hybridized carbons (Fsp3) is 0.429. The van der Waals surface area contributed by atoms with Crippen LogP contribution in [0.2, 0.25) is 0 Å². The van der Waals surface area contributed by atoms with E-state index in [1.807, 2.05) is 0 Å². The molecule has 0 aliphatic rings. The molecular weight excluding hydrogens is 248 g/mol. The summed E-state index contributed by atoms with van der Waals surface area (Å²) in [6.07, 6.45) is 2.96. The summed E-state index contributed by atoms with van der Waals surface area (Å²) in [5.41, 5.74) is 0.241. The summed E-state index contributed by atoms with van der Waals surface area (Å²) in [5, 5.41) is 8.74. The number of unbranched alkanes of at least 4 members (excludes halogenated alkanes) is 2. The number of carboxylic acids is 1. The maximum Gasteiger partial charge on any atom is 0.335 e. The van der Waals surface area contributed by atoms with E-state index in [-0.39, 0.29) is 11.5 Å². The first-order valence-corrected chi connectivity index (χ1v) is 6.16. The molecule has 0 saturated heterocycles. The third-order valence-corrected chi connectivity index (χ3v) is 2.62. The van der Waals surface area contributed by atoms with Crippen molar-refractivity contribution in [1.82, 2.24) is 0 Å². The topological polar surface area (TPSA) is 72.8 Å². The molecule has 1 aromatic rings. The van der Waals surface area contributed by atoms with Crippen LogP contribution in [-0.4, -0.2) is 30.8 Å². The van der Waals surface area contributed by atoms with Gasteiger partial charge in [0.2, 0.25) is 0 Å². The molecule has 1 aromatic carbocycles. The summed E-state index contributed by atoms with van der Waals surface area (Å²) < 4.78 is 10.0. The molecule has 0 aliphatic heterocycles. The van der Waals surface area contributed by atoms with Crippen molar-refractivity contribution < 1.29 is 24.2 Å². The van der Waals surface area contributed by atoms with Crippen molar-refractivity contribution in [2.45, 2.75) is 25.7 Å². The van der Waals surface area contributed by atoms with Gasteiger partial charge in [0.15, 0.2) is 0 Å². The van der Waals surface area contributed by atoms with E-state index in [4.69, 9.17) is 9.84 Å². The van der Waals surface area contributed by atoms with Crippen LogP contribution in [0.4, 0.5) is 0 Å². The summed E-state index contributed by atoms with van der Waals surface area (Å²) in [5.74, 6) is -0.488. The number of ether oxygens (including phenoxy) is 2. The van der Waals surface area contributed by atoms with Gasteiger partial charge in [-0.15, -0.1) is 0 Å². The van der Waals surface area contributed by atoms with Gasteiger partial charge in [-0.05, 0) is 43.5 Å². The lowest BCUT2D eigenvalue weighted by Gasteiger charge is -2.06. The van der Waals surface area contributed by atoms with Gasteiger partial charge in [0.05, 0.1) is 19.3 Å². The minimum absolute atomic E-state index is 0.190. The predicted octanol–water partition coefficient (Wildman–Crippen LogP) is 2.50. The van der Waals surface area contributed by atoms with Crippen LogP contribution >= 0.6 is 0 Å². The molecule has 5 heteroatoms. The Kier molecular flexibility index (Phi) is 6.43. The smallest absolute Gasteiger partial charge is 0.335 e. The number of aromatic carboxylic acids is 1. The number of hydrogen-bond donors (Lipinski definition) is 1. The second-order valence-electron chi connectivity index (χ2n) is 4.06. The highest BCUT2D eigenvalue weighted by molar-refractivity contribution is 5.87. The van der Waals surface area contributed by atoms with Crippen molar-refractivity contribution in [2.24, 2.45) is 0 Å². The molecule has 0 saturated carbocycles. The molecule has 0 fully saturated rings. The van der Waals surface area contributed by atoms with Crippen molar-refractivity contribution in [2.75, 3.05) is 13.7 Å². The summed E-state index contributed by atoms with van der Waals surface area (Å²) in [6.45, 7) is 0.549. The fourth-order valence-corrected chi connectivity index (χ4v) is 1.53. The van der Waals surface area contributed by atoms with Gasteiger partial charge in [0.1, 0.15) is 5.75 Å². The van der Waals surface area contributed by atoms with Crippen LogP contribution < -0.4 is 4.74 Å². The van der Waals surface area contributed by atoms with Crippen LogP contribution in [0.5, 0.6) is 5.75 Å². The average molecular weight is 266 g/mol. The molecule has 0 atom stereocenters. The van der Waals surface area contributed by atoms with E-state index in [2.05, 4.69) is 4.74 Å². The van der Waals surface area contributed by atoms with E-state index in [9.17, 15) is 9.59 Å². The number of benzene rings is 1. The molecule has 0 spiro atoms. The van der Waals surface area contributed by atoms with Crippen LogP contribution in [0.1, 0.15) is 36.0 Å². The molecule has 1 rings (SSSR count). The summed E-state index contributed by atoms with van der Waals surface area (Å²) in [4.78, 5) is 21.5. The van der Waals surface area contributed by atoms with E-state index in [1.54, 1.807) is 12.1 Å². The van der Waals surface area contributed by atoms with E-state index in [0.29, 0.717) is 18.8 Å². The van der Waals surface area contributed by atoms with Gasteiger partial charge < -0.3 is 14.6 Å². The third-order valence-electron chi connectivity index (χ3n) is 2.62. The normalized spacial score (nSPS) is 9.95. The molecule has 0 radical (unpaired) electrons. The Hall–Kier alpha value is -2.04. The predicted molar refractivity (Wildman–Crippen MR) is 69.4 cm³/mol. The summed E-state index contributed by atoms with van der Waals surface area (Å²) in [7, 11) is 1.38. The first-order chi connectivity index (χ1) is 9.13. The molecule has 104 valence electrons. The first kappa shape index (κ1) is 15.0. The Morgan fingerprint density at radius 1 is 1.11 bits per heavy atom. The maximum absolute atomic E-state index is 10.9. The second kappa shape index (κ2) is 8.13. The Morgan fingerprint density at radius 2 is 1.79 bits per heavy atom. The van der Waals surface area contributed by atoms with E-state index >= 15 is 0 Å². The minimum Gasteiger partial charge on any atom is -0.494 e. The van der Waals surface area contributed by atoms with E-state index in [0.717, 1.165) is 19.3 Å². The number of carboxylic acid groups (broad SMARTS) is 1. The van der Waals surface area contributed by atoms with E-state index < -0.39 is 5.97 Å². The largest absolute Gasteiger partial charge is 0.494 e. The highest BCUT2D eigenvalue weighted by Gasteiger charge is 2.02. The SMILES string of the molecule is COC(=O)CCCCCOc1ccc(C(=O)O)cc1. The van der Waals surface area contributed by atoms with Gasteiger partial charge in [-0.3, -0.25) is 4.79 Å². The number of carbonyl (C=O) groups is 2. The van der Waals surface area contributed by atoms with Crippen LogP contribution in [-0.2, 0) is 9.53 Å². The van der Waals surface area contributed by atoms with Gasteiger partial charge in [-0.25, -0.2) is 4.79 Å². The molecule has 0 amide bonds. The van der Waals surface area contributed by atoms with Gasteiger partial charge >= 0.3 is 11.9 Å². The number of methoxy groups -OCH3 is 1. The maximum atomic E-state index is 10.9. The molecule has 0 aliphatic carbocycles. The lowest BCUT2D eigenvalue weighted by Crippen LogP contribution is -2.01. The molecule has 0 heterocycles.